The first-order valence-electron chi connectivity index (χ1n) is 7.07. The maximum Gasteiger partial charge on any atom is 0.246 e. The van der Waals surface area contributed by atoms with Crippen molar-refractivity contribution in [1.82, 2.24) is 9.80 Å². The fourth-order valence-electron chi connectivity index (χ4n) is 3.01. The largest absolute Gasteiger partial charge is 0.329 e. The second-order valence-electron chi connectivity index (χ2n) is 6.04. The van der Waals surface area contributed by atoms with Crippen molar-refractivity contribution in [2.24, 2.45) is 0 Å². The highest BCUT2D eigenvalue weighted by Crippen LogP contribution is 2.31. The van der Waals surface area contributed by atoms with Gasteiger partial charge in [-0.25, -0.2) is 0 Å². The molecule has 2 heterocycles. The molecule has 0 aromatic heterocycles. The van der Waals surface area contributed by atoms with Crippen molar-refractivity contribution < 1.29 is 9.59 Å². The predicted molar refractivity (Wildman–Crippen MR) is 78.1 cm³/mol. The summed E-state index contributed by atoms with van der Waals surface area (Å²) in [5.41, 5.74) is 0. The molecule has 0 aromatic carbocycles. The Morgan fingerprint density at radius 3 is 2.58 bits per heavy atom. The summed E-state index contributed by atoms with van der Waals surface area (Å²) in [6, 6.07) is -0.443. The fourth-order valence-corrected chi connectivity index (χ4v) is 3.28. The second kappa shape index (κ2) is 5.35. The van der Waals surface area contributed by atoms with Crippen LogP contribution in [0, 0.1) is 0 Å². The summed E-state index contributed by atoms with van der Waals surface area (Å²) in [6.07, 6.45) is 4.55. The van der Waals surface area contributed by atoms with Crippen molar-refractivity contribution in [2.75, 3.05) is 19.3 Å². The van der Waals surface area contributed by atoms with Gasteiger partial charge in [0.05, 0.1) is 0 Å². The van der Waals surface area contributed by atoms with Crippen molar-refractivity contribution in [1.29, 1.82) is 0 Å². The second-order valence-corrected chi connectivity index (χ2v) is 7.56. The third-order valence-corrected chi connectivity index (χ3v) is 5.49. The molecule has 2 unspecified atom stereocenters. The molecule has 0 N–H and O–H groups in total. The van der Waals surface area contributed by atoms with Crippen LogP contribution in [-0.4, -0.2) is 57.8 Å². The fraction of sp³-hybridized carbons (Fsp3) is 0.857. The predicted octanol–water partition coefficient (Wildman–Crippen LogP) is 1.74. The van der Waals surface area contributed by atoms with E-state index in [0.717, 1.165) is 19.4 Å². The van der Waals surface area contributed by atoms with Crippen molar-refractivity contribution in [2.45, 2.75) is 56.9 Å². The Hall–Kier alpha value is -0.710. The van der Waals surface area contributed by atoms with Gasteiger partial charge in [-0.1, -0.05) is 6.92 Å². The maximum atomic E-state index is 12.6. The molecule has 4 nitrogen and oxygen atoms in total. The first kappa shape index (κ1) is 14.7. The summed E-state index contributed by atoms with van der Waals surface area (Å²) in [6.45, 7) is 7.66. The van der Waals surface area contributed by atoms with E-state index < -0.39 is 0 Å². The van der Waals surface area contributed by atoms with Crippen molar-refractivity contribution in [3.8, 4) is 0 Å². The molecule has 2 atom stereocenters. The Kier molecular flexibility index (Phi) is 4.14. The Morgan fingerprint density at radius 2 is 2.00 bits per heavy atom. The maximum absolute atomic E-state index is 12.6. The van der Waals surface area contributed by atoms with Gasteiger partial charge < -0.3 is 9.80 Å². The summed E-state index contributed by atoms with van der Waals surface area (Å²) >= 11 is 1.74. The number of thioether (sulfide) groups is 1. The zero-order chi connectivity index (χ0) is 14.2. The topological polar surface area (TPSA) is 40.6 Å². The normalized spacial score (nSPS) is 28.0. The number of hydrogen-bond acceptors (Lipinski definition) is 3. The molecule has 2 rings (SSSR count). The van der Waals surface area contributed by atoms with E-state index in [1.54, 1.807) is 16.7 Å². The summed E-state index contributed by atoms with van der Waals surface area (Å²) in [4.78, 5) is 28.8. The average Bonchev–Trinajstić information content (AvgIpc) is 2.85. The Labute approximate surface area is 119 Å². The molecule has 108 valence electrons. The van der Waals surface area contributed by atoms with Crippen molar-refractivity contribution in [3.63, 3.8) is 0 Å². The van der Waals surface area contributed by atoms with Crippen LogP contribution in [-0.2, 0) is 9.59 Å². The molecule has 0 saturated carbocycles. The quantitative estimate of drug-likeness (QED) is 0.789. The zero-order valence-corrected chi connectivity index (χ0v) is 13.1. The Morgan fingerprint density at radius 1 is 1.32 bits per heavy atom. The molecule has 5 heteroatoms. The number of hydrogen-bond donors (Lipinski definition) is 0. The molecule has 0 radical (unpaired) electrons. The molecule has 2 amide bonds. The van der Waals surface area contributed by atoms with E-state index in [0.29, 0.717) is 13.0 Å². The van der Waals surface area contributed by atoms with Crippen LogP contribution in [0.5, 0.6) is 0 Å². The minimum Gasteiger partial charge on any atom is -0.329 e. The lowest BCUT2D eigenvalue weighted by atomic mass is 10.0. The third-order valence-electron chi connectivity index (χ3n) is 4.26. The van der Waals surface area contributed by atoms with Gasteiger partial charge in [0.1, 0.15) is 12.1 Å². The first-order valence-corrected chi connectivity index (χ1v) is 8.30. The van der Waals surface area contributed by atoms with Gasteiger partial charge >= 0.3 is 0 Å². The molecular weight excluding hydrogens is 260 g/mol. The molecule has 0 spiro atoms. The number of carbonyl (C=O) groups is 2. The van der Waals surface area contributed by atoms with Crippen LogP contribution in [0.15, 0.2) is 0 Å². The highest BCUT2D eigenvalue weighted by molar-refractivity contribution is 7.99. The van der Waals surface area contributed by atoms with E-state index in [1.807, 2.05) is 11.8 Å². The SMILES string of the molecule is CCC1C(=O)N2CCCC2C(=O)N1CC(C)(C)SC. The van der Waals surface area contributed by atoms with Gasteiger partial charge in [0.25, 0.3) is 0 Å². The van der Waals surface area contributed by atoms with E-state index in [4.69, 9.17) is 0 Å². The smallest absolute Gasteiger partial charge is 0.246 e. The van der Waals surface area contributed by atoms with Gasteiger partial charge in [0, 0.05) is 17.8 Å². The summed E-state index contributed by atoms with van der Waals surface area (Å²) in [5, 5.41) is 0. The van der Waals surface area contributed by atoms with E-state index in [1.165, 1.54) is 0 Å². The van der Waals surface area contributed by atoms with Crippen LogP contribution < -0.4 is 0 Å². The van der Waals surface area contributed by atoms with Crippen LogP contribution in [0.1, 0.15) is 40.0 Å². The zero-order valence-electron chi connectivity index (χ0n) is 12.3. The molecule has 2 fully saturated rings. The summed E-state index contributed by atoms with van der Waals surface area (Å²) in [5.74, 6) is 0.313. The van der Waals surface area contributed by atoms with E-state index in [2.05, 4.69) is 20.1 Å². The van der Waals surface area contributed by atoms with Gasteiger partial charge in [-0.15, -0.1) is 0 Å². The van der Waals surface area contributed by atoms with Gasteiger partial charge in [-0.05, 0) is 39.4 Å². The molecule has 0 aliphatic carbocycles. The van der Waals surface area contributed by atoms with Gasteiger partial charge in [0.15, 0.2) is 0 Å². The summed E-state index contributed by atoms with van der Waals surface area (Å²) < 4.78 is -0.00979. The highest BCUT2D eigenvalue weighted by atomic mass is 32.2. The number of rotatable bonds is 4. The van der Waals surface area contributed by atoms with Crippen LogP contribution >= 0.6 is 11.8 Å². The number of carbonyl (C=O) groups excluding carboxylic acids is 2. The minimum absolute atomic E-state index is 0.00979. The molecule has 19 heavy (non-hydrogen) atoms. The van der Waals surface area contributed by atoms with Gasteiger partial charge in [-0.2, -0.15) is 11.8 Å². The van der Waals surface area contributed by atoms with Crippen LogP contribution in [0.25, 0.3) is 0 Å². The molecular formula is C14H24N2O2S. The van der Waals surface area contributed by atoms with Crippen LogP contribution in [0.4, 0.5) is 0 Å². The van der Waals surface area contributed by atoms with Gasteiger partial charge in [-0.3, -0.25) is 9.59 Å². The molecule has 0 aromatic rings. The molecule has 0 bridgehead atoms. The van der Waals surface area contributed by atoms with Crippen LogP contribution in [0.2, 0.25) is 0 Å². The van der Waals surface area contributed by atoms with Crippen LogP contribution in [0.3, 0.4) is 0 Å². The standard InChI is InChI=1S/C14H24N2O2S/c1-5-10-12(17)15-8-6-7-11(15)13(18)16(10)9-14(2,3)19-4/h10-11H,5-9H2,1-4H3. The van der Waals surface area contributed by atoms with E-state index in [9.17, 15) is 9.59 Å². The monoisotopic (exact) mass is 284 g/mol. The lowest BCUT2D eigenvalue weighted by Crippen LogP contribution is -2.64. The van der Waals surface area contributed by atoms with Crippen molar-refractivity contribution in [3.05, 3.63) is 0 Å². The highest BCUT2D eigenvalue weighted by Gasteiger charge is 2.47. The lowest BCUT2D eigenvalue weighted by Gasteiger charge is -2.44. The Balaban J connectivity index is 2.24. The number of amides is 2. The molecule has 2 saturated heterocycles. The van der Waals surface area contributed by atoms with E-state index >= 15 is 0 Å². The Bertz CT molecular complexity index is 384. The number of piperazine rings is 1. The number of nitrogens with zero attached hydrogens (tertiary/aromatic N) is 2. The van der Waals surface area contributed by atoms with Crippen molar-refractivity contribution >= 4 is 23.6 Å². The average molecular weight is 284 g/mol. The lowest BCUT2D eigenvalue weighted by molar-refractivity contribution is -0.159. The van der Waals surface area contributed by atoms with Gasteiger partial charge in [0.2, 0.25) is 11.8 Å². The number of fused-ring (bicyclic) bond motifs is 1. The van der Waals surface area contributed by atoms with E-state index in [-0.39, 0.29) is 28.6 Å². The third kappa shape index (κ3) is 2.62. The minimum atomic E-state index is -0.256. The summed E-state index contributed by atoms with van der Waals surface area (Å²) in [7, 11) is 0. The molecule has 2 aliphatic heterocycles. The first-order chi connectivity index (χ1) is 8.91. The molecule has 2 aliphatic rings.